The van der Waals surface area contributed by atoms with Crippen LogP contribution in [0.25, 0.3) is 0 Å². The summed E-state index contributed by atoms with van der Waals surface area (Å²) in [5, 5.41) is 3.60. The first-order chi connectivity index (χ1) is 13.6. The van der Waals surface area contributed by atoms with Gasteiger partial charge in [0.25, 0.3) is 0 Å². The van der Waals surface area contributed by atoms with E-state index in [0.717, 1.165) is 36.6 Å². The van der Waals surface area contributed by atoms with Gasteiger partial charge in [0.05, 0.1) is 5.92 Å². The first kappa shape index (κ1) is 19.4. The Morgan fingerprint density at radius 3 is 2.14 bits per heavy atom. The third-order valence-corrected chi connectivity index (χ3v) is 9.11. The van der Waals surface area contributed by atoms with E-state index >= 15 is 0 Å². The average Bonchev–Trinajstić information content (AvgIpc) is 2.70. The molecule has 6 aliphatic rings. The molecular formula is C24H41N3O. The molecule has 0 aromatic carbocycles. The number of amides is 1. The van der Waals surface area contributed by atoms with E-state index in [1.54, 1.807) is 0 Å². The molecule has 4 saturated carbocycles. The van der Waals surface area contributed by atoms with Crippen molar-refractivity contribution in [3.05, 3.63) is 0 Å². The molecule has 2 aliphatic heterocycles. The molecule has 158 valence electrons. The number of nitrogens with zero attached hydrogens (tertiary/aromatic N) is 2. The Labute approximate surface area is 171 Å². The third-order valence-electron chi connectivity index (χ3n) is 9.11. The van der Waals surface area contributed by atoms with Crippen LogP contribution in [0, 0.1) is 29.6 Å². The van der Waals surface area contributed by atoms with Crippen LogP contribution < -0.4 is 5.32 Å². The molecule has 6 fully saturated rings. The fraction of sp³-hybridized carbons (Fsp3) is 0.958. The van der Waals surface area contributed by atoms with E-state index < -0.39 is 0 Å². The van der Waals surface area contributed by atoms with E-state index in [1.807, 2.05) is 0 Å². The summed E-state index contributed by atoms with van der Waals surface area (Å²) in [5.41, 5.74) is 0. The van der Waals surface area contributed by atoms with Crippen LogP contribution in [0.5, 0.6) is 0 Å². The van der Waals surface area contributed by atoms with Gasteiger partial charge in [-0.3, -0.25) is 9.69 Å². The van der Waals surface area contributed by atoms with Crippen LogP contribution in [-0.4, -0.2) is 60.0 Å². The second kappa shape index (κ2) is 7.91. The number of likely N-dealkylation sites (tertiary alicyclic amines) is 2. The van der Waals surface area contributed by atoms with Crippen LogP contribution in [0.4, 0.5) is 0 Å². The zero-order valence-corrected chi connectivity index (χ0v) is 18.1. The Hall–Kier alpha value is -0.610. The SMILES string of the molecule is CC(C)N1CCC(N2CCCC(C(=O)NC3C4CC5CC(C4)CC3C5)C2)CC1. The Morgan fingerprint density at radius 2 is 1.54 bits per heavy atom. The molecule has 1 atom stereocenters. The lowest BCUT2D eigenvalue weighted by Crippen LogP contribution is -2.58. The molecule has 2 heterocycles. The van der Waals surface area contributed by atoms with E-state index in [1.165, 1.54) is 71.0 Å². The first-order valence-electron chi connectivity index (χ1n) is 12.3. The summed E-state index contributed by atoms with van der Waals surface area (Å²) in [6.45, 7) is 9.28. The molecule has 4 heteroatoms. The van der Waals surface area contributed by atoms with Crippen LogP contribution >= 0.6 is 0 Å². The zero-order chi connectivity index (χ0) is 19.3. The molecule has 0 aromatic rings. The summed E-state index contributed by atoms with van der Waals surface area (Å²) < 4.78 is 0. The van der Waals surface area contributed by atoms with E-state index in [4.69, 9.17) is 0 Å². The summed E-state index contributed by atoms with van der Waals surface area (Å²) in [6.07, 6.45) is 11.9. The quantitative estimate of drug-likeness (QED) is 0.802. The Bertz CT molecular complexity index is 540. The van der Waals surface area contributed by atoms with Gasteiger partial charge >= 0.3 is 0 Å². The van der Waals surface area contributed by atoms with Gasteiger partial charge in [-0.1, -0.05) is 0 Å². The van der Waals surface area contributed by atoms with Crippen molar-refractivity contribution in [3.63, 3.8) is 0 Å². The fourth-order valence-corrected chi connectivity index (χ4v) is 7.76. The maximum Gasteiger partial charge on any atom is 0.224 e. The van der Waals surface area contributed by atoms with Crippen molar-refractivity contribution in [1.82, 2.24) is 15.1 Å². The van der Waals surface area contributed by atoms with Gasteiger partial charge in [-0.05, 0) is 115 Å². The highest BCUT2D eigenvalue weighted by atomic mass is 16.2. The third kappa shape index (κ3) is 3.76. The molecule has 0 aromatic heterocycles. The largest absolute Gasteiger partial charge is 0.353 e. The number of carbonyl (C=O) groups excluding carboxylic acids is 1. The van der Waals surface area contributed by atoms with Crippen LogP contribution in [-0.2, 0) is 4.79 Å². The summed E-state index contributed by atoms with van der Waals surface area (Å²) in [4.78, 5) is 18.5. The maximum absolute atomic E-state index is 13.2. The van der Waals surface area contributed by atoms with Gasteiger partial charge in [-0.25, -0.2) is 0 Å². The number of rotatable bonds is 4. The van der Waals surface area contributed by atoms with Crippen molar-refractivity contribution >= 4 is 5.91 Å². The van der Waals surface area contributed by atoms with E-state index in [-0.39, 0.29) is 5.92 Å². The molecule has 0 radical (unpaired) electrons. The van der Waals surface area contributed by atoms with Crippen molar-refractivity contribution in [3.8, 4) is 0 Å². The van der Waals surface area contributed by atoms with Crippen LogP contribution in [0.2, 0.25) is 0 Å². The maximum atomic E-state index is 13.2. The highest BCUT2D eigenvalue weighted by Gasteiger charge is 2.49. The molecule has 2 saturated heterocycles. The highest BCUT2D eigenvalue weighted by Crippen LogP contribution is 2.53. The molecule has 0 spiro atoms. The van der Waals surface area contributed by atoms with Gasteiger partial charge in [-0.2, -0.15) is 0 Å². The average molecular weight is 388 g/mol. The van der Waals surface area contributed by atoms with Crippen molar-refractivity contribution in [1.29, 1.82) is 0 Å². The van der Waals surface area contributed by atoms with Gasteiger partial charge in [0.15, 0.2) is 0 Å². The van der Waals surface area contributed by atoms with E-state index in [2.05, 4.69) is 29.0 Å². The second-order valence-electron chi connectivity index (χ2n) is 11.2. The second-order valence-corrected chi connectivity index (χ2v) is 11.2. The Balaban J connectivity index is 1.15. The van der Waals surface area contributed by atoms with Crippen LogP contribution in [0.15, 0.2) is 0 Å². The number of nitrogens with one attached hydrogen (secondary N) is 1. The van der Waals surface area contributed by atoms with E-state index in [9.17, 15) is 4.79 Å². The lowest BCUT2D eigenvalue weighted by Gasteiger charge is -2.54. The van der Waals surface area contributed by atoms with Gasteiger partial charge in [0.1, 0.15) is 0 Å². The fourth-order valence-electron chi connectivity index (χ4n) is 7.76. The molecule has 4 nitrogen and oxygen atoms in total. The Kier molecular flexibility index (Phi) is 5.47. The monoisotopic (exact) mass is 387 g/mol. The summed E-state index contributed by atoms with van der Waals surface area (Å²) in [5.74, 6) is 4.17. The molecular weight excluding hydrogens is 346 g/mol. The predicted octanol–water partition coefficient (Wildman–Crippen LogP) is 3.51. The smallest absolute Gasteiger partial charge is 0.224 e. The first-order valence-corrected chi connectivity index (χ1v) is 12.3. The molecule has 28 heavy (non-hydrogen) atoms. The van der Waals surface area contributed by atoms with Crippen LogP contribution in [0.1, 0.15) is 71.6 Å². The minimum absolute atomic E-state index is 0.231. The lowest BCUT2D eigenvalue weighted by atomic mass is 9.54. The number of carbonyl (C=O) groups is 1. The number of hydrogen-bond acceptors (Lipinski definition) is 3. The van der Waals surface area contributed by atoms with Crippen molar-refractivity contribution in [2.24, 2.45) is 29.6 Å². The molecule has 1 N–H and O–H groups in total. The van der Waals surface area contributed by atoms with Crippen molar-refractivity contribution in [2.45, 2.75) is 89.8 Å². The van der Waals surface area contributed by atoms with Gasteiger partial charge in [-0.15, -0.1) is 0 Å². The molecule has 4 bridgehead atoms. The lowest BCUT2D eigenvalue weighted by molar-refractivity contribution is -0.131. The highest BCUT2D eigenvalue weighted by molar-refractivity contribution is 5.79. The molecule has 1 unspecified atom stereocenters. The zero-order valence-electron chi connectivity index (χ0n) is 18.1. The predicted molar refractivity (Wildman–Crippen MR) is 113 cm³/mol. The Morgan fingerprint density at radius 1 is 0.893 bits per heavy atom. The van der Waals surface area contributed by atoms with Gasteiger partial charge in [0, 0.05) is 24.7 Å². The topological polar surface area (TPSA) is 35.6 Å². The normalized spacial score (nSPS) is 42.2. The minimum atomic E-state index is 0.231. The summed E-state index contributed by atoms with van der Waals surface area (Å²) in [6, 6.07) is 1.87. The minimum Gasteiger partial charge on any atom is -0.353 e. The summed E-state index contributed by atoms with van der Waals surface area (Å²) in [7, 11) is 0. The number of piperidine rings is 2. The molecule has 6 rings (SSSR count). The van der Waals surface area contributed by atoms with Crippen molar-refractivity contribution in [2.75, 3.05) is 26.2 Å². The summed E-state index contributed by atoms with van der Waals surface area (Å²) >= 11 is 0. The van der Waals surface area contributed by atoms with Crippen molar-refractivity contribution < 1.29 is 4.79 Å². The van der Waals surface area contributed by atoms with Gasteiger partial charge < -0.3 is 10.2 Å². The van der Waals surface area contributed by atoms with Crippen LogP contribution in [0.3, 0.4) is 0 Å². The molecule has 4 aliphatic carbocycles. The van der Waals surface area contributed by atoms with E-state index in [0.29, 0.717) is 24.0 Å². The van der Waals surface area contributed by atoms with Gasteiger partial charge in [0.2, 0.25) is 5.91 Å². The molecule has 1 amide bonds. The standard InChI is InChI=1S/C24H41N3O/c1-16(2)26-8-5-22(6-9-26)27-7-3-4-19(15-27)24(28)25-23-20-11-17-10-18(13-20)14-21(23)12-17/h16-23H,3-15H2,1-2H3,(H,25,28). The number of hydrogen-bond donors (Lipinski definition) is 1.